The second-order valence-corrected chi connectivity index (χ2v) is 7.54. The van der Waals surface area contributed by atoms with E-state index in [9.17, 15) is 4.79 Å². The van der Waals surface area contributed by atoms with Crippen LogP contribution < -0.4 is 10.2 Å². The maximum absolute atomic E-state index is 13.1. The van der Waals surface area contributed by atoms with Gasteiger partial charge >= 0.3 is 0 Å². The summed E-state index contributed by atoms with van der Waals surface area (Å²) in [5.74, 6) is 0.203. The summed E-state index contributed by atoms with van der Waals surface area (Å²) in [5, 5.41) is 3.42. The molecule has 0 saturated carbocycles. The predicted octanol–water partition coefficient (Wildman–Crippen LogP) is 2.58. The van der Waals surface area contributed by atoms with Crippen molar-refractivity contribution in [3.05, 3.63) is 59.7 Å². The van der Waals surface area contributed by atoms with Crippen molar-refractivity contribution in [3.63, 3.8) is 0 Å². The molecule has 0 aliphatic carbocycles. The van der Waals surface area contributed by atoms with Crippen LogP contribution in [0, 0.1) is 0 Å². The minimum absolute atomic E-state index is 0.134. The van der Waals surface area contributed by atoms with E-state index in [1.807, 2.05) is 29.2 Å². The largest absolute Gasteiger partial charge is 0.423 e. The van der Waals surface area contributed by atoms with Crippen molar-refractivity contribution in [2.24, 2.45) is 0 Å². The van der Waals surface area contributed by atoms with Crippen LogP contribution in [0.2, 0.25) is 0 Å². The second-order valence-electron chi connectivity index (χ2n) is 7.54. The Balaban J connectivity index is 1.26. The van der Waals surface area contributed by atoms with Gasteiger partial charge in [0.2, 0.25) is 5.91 Å². The fourth-order valence-electron chi connectivity index (χ4n) is 4.17. The number of para-hydroxylation sites is 2. The number of hydrogen-bond donors (Lipinski definition) is 1. The van der Waals surface area contributed by atoms with Crippen molar-refractivity contribution in [1.82, 2.24) is 15.2 Å². The van der Waals surface area contributed by atoms with Gasteiger partial charge in [-0.15, -0.1) is 0 Å². The number of carbonyl (C=O) groups is 1. The van der Waals surface area contributed by atoms with Crippen LogP contribution in [0.5, 0.6) is 0 Å². The average molecular weight is 376 g/mol. The molecule has 1 atom stereocenters. The maximum Gasteiger partial charge on any atom is 0.298 e. The van der Waals surface area contributed by atoms with E-state index >= 15 is 0 Å². The number of carbonyl (C=O) groups excluding carboxylic acids is 1. The highest BCUT2D eigenvalue weighted by Crippen LogP contribution is 2.23. The number of nitrogens with one attached hydrogen (secondary N) is 1. The summed E-state index contributed by atoms with van der Waals surface area (Å²) < 4.78 is 5.91. The van der Waals surface area contributed by atoms with Crippen LogP contribution in [0.1, 0.15) is 17.5 Å². The first-order valence-electron chi connectivity index (χ1n) is 9.97. The molecule has 0 unspecified atom stereocenters. The quantitative estimate of drug-likeness (QED) is 0.745. The lowest BCUT2D eigenvalue weighted by Gasteiger charge is -2.30. The maximum atomic E-state index is 13.1. The second kappa shape index (κ2) is 7.28. The number of rotatable bonds is 2. The predicted molar refractivity (Wildman–Crippen MR) is 108 cm³/mol. The SMILES string of the molecule is O=C([C@H]1Cc2ccccc2CN1)N1CCCN(c2nc3ccccc3o2)CC1. The third-order valence-corrected chi connectivity index (χ3v) is 5.74. The first-order chi connectivity index (χ1) is 13.8. The van der Waals surface area contributed by atoms with E-state index in [0.717, 1.165) is 50.1 Å². The molecule has 2 aliphatic rings. The summed E-state index contributed by atoms with van der Waals surface area (Å²) >= 11 is 0. The molecule has 2 aliphatic heterocycles. The molecule has 1 amide bonds. The number of fused-ring (bicyclic) bond motifs is 2. The van der Waals surface area contributed by atoms with Crippen molar-refractivity contribution in [2.75, 3.05) is 31.1 Å². The third-order valence-electron chi connectivity index (χ3n) is 5.74. The molecule has 0 spiro atoms. The molecule has 0 radical (unpaired) electrons. The lowest BCUT2D eigenvalue weighted by Crippen LogP contribution is -2.50. The highest BCUT2D eigenvalue weighted by atomic mass is 16.4. The normalized spacial score (nSPS) is 20.1. The molecule has 5 rings (SSSR count). The Morgan fingerprint density at radius 2 is 1.82 bits per heavy atom. The van der Waals surface area contributed by atoms with Gasteiger partial charge in [0.25, 0.3) is 6.01 Å². The number of oxazole rings is 1. The average Bonchev–Trinajstić information content (AvgIpc) is 3.02. The van der Waals surface area contributed by atoms with Crippen molar-refractivity contribution >= 4 is 23.0 Å². The number of aromatic nitrogens is 1. The van der Waals surface area contributed by atoms with E-state index < -0.39 is 0 Å². The summed E-state index contributed by atoms with van der Waals surface area (Å²) in [6.45, 7) is 3.81. The van der Waals surface area contributed by atoms with Gasteiger partial charge in [-0.1, -0.05) is 36.4 Å². The van der Waals surface area contributed by atoms with Gasteiger partial charge in [-0.25, -0.2) is 0 Å². The number of benzene rings is 2. The van der Waals surface area contributed by atoms with Crippen LogP contribution in [0.4, 0.5) is 6.01 Å². The molecule has 3 aromatic rings. The Kier molecular flexibility index (Phi) is 4.49. The van der Waals surface area contributed by atoms with Crippen LogP contribution in [-0.2, 0) is 17.8 Å². The number of hydrogen-bond acceptors (Lipinski definition) is 5. The van der Waals surface area contributed by atoms with Crippen molar-refractivity contribution in [2.45, 2.75) is 25.4 Å². The van der Waals surface area contributed by atoms with Crippen LogP contribution in [0.15, 0.2) is 52.9 Å². The molecule has 1 saturated heterocycles. The van der Waals surface area contributed by atoms with Crippen LogP contribution in [-0.4, -0.2) is 48.0 Å². The first-order valence-corrected chi connectivity index (χ1v) is 9.97. The standard InChI is InChI=1S/C22H24N4O2/c27-21(19-14-16-6-1-2-7-17(16)15-23-19)25-10-5-11-26(13-12-25)22-24-18-8-3-4-9-20(18)28-22/h1-4,6-9,19,23H,5,10-15H2/t19-/m1/s1. The molecule has 3 heterocycles. The van der Waals surface area contributed by atoms with E-state index in [-0.39, 0.29) is 11.9 Å². The summed E-state index contributed by atoms with van der Waals surface area (Å²) in [4.78, 5) is 21.9. The Morgan fingerprint density at radius 3 is 2.71 bits per heavy atom. The van der Waals surface area contributed by atoms with Gasteiger partial charge in [-0.3, -0.25) is 4.79 Å². The Hall–Kier alpha value is -2.86. The Bertz CT molecular complexity index is 966. The summed E-state index contributed by atoms with van der Waals surface area (Å²) in [7, 11) is 0. The van der Waals surface area contributed by atoms with Gasteiger partial charge in [0.1, 0.15) is 5.52 Å². The molecule has 0 bridgehead atoms. The molecular weight excluding hydrogens is 352 g/mol. The summed E-state index contributed by atoms with van der Waals surface area (Å²) in [5.41, 5.74) is 4.26. The molecular formula is C22H24N4O2. The van der Waals surface area contributed by atoms with Gasteiger partial charge in [0, 0.05) is 32.7 Å². The van der Waals surface area contributed by atoms with E-state index in [1.165, 1.54) is 11.1 Å². The van der Waals surface area contributed by atoms with Crippen molar-refractivity contribution in [3.8, 4) is 0 Å². The number of nitrogens with zero attached hydrogens (tertiary/aromatic N) is 3. The zero-order chi connectivity index (χ0) is 18.9. The third kappa shape index (κ3) is 3.24. The highest BCUT2D eigenvalue weighted by Gasteiger charge is 2.29. The van der Waals surface area contributed by atoms with Gasteiger partial charge in [-0.05, 0) is 36.1 Å². The van der Waals surface area contributed by atoms with Crippen molar-refractivity contribution in [1.29, 1.82) is 0 Å². The van der Waals surface area contributed by atoms with Gasteiger partial charge in [0.05, 0.1) is 6.04 Å². The molecule has 1 fully saturated rings. The zero-order valence-corrected chi connectivity index (χ0v) is 15.8. The topological polar surface area (TPSA) is 61.6 Å². The van der Waals surface area contributed by atoms with Gasteiger partial charge in [0.15, 0.2) is 5.58 Å². The van der Waals surface area contributed by atoms with Gasteiger partial charge < -0.3 is 19.5 Å². The van der Waals surface area contributed by atoms with E-state index in [0.29, 0.717) is 12.6 Å². The minimum Gasteiger partial charge on any atom is -0.423 e. The first kappa shape index (κ1) is 17.3. The van der Waals surface area contributed by atoms with Crippen molar-refractivity contribution < 1.29 is 9.21 Å². The summed E-state index contributed by atoms with van der Waals surface area (Å²) in [6.07, 6.45) is 1.67. The lowest BCUT2D eigenvalue weighted by molar-refractivity contribution is -0.133. The van der Waals surface area contributed by atoms with Crippen LogP contribution in [0.3, 0.4) is 0 Å². The number of amides is 1. The molecule has 1 N–H and O–H groups in total. The smallest absolute Gasteiger partial charge is 0.298 e. The zero-order valence-electron chi connectivity index (χ0n) is 15.8. The molecule has 144 valence electrons. The summed E-state index contributed by atoms with van der Waals surface area (Å²) in [6, 6.07) is 16.7. The fraction of sp³-hybridized carbons (Fsp3) is 0.364. The molecule has 6 nitrogen and oxygen atoms in total. The van der Waals surface area contributed by atoms with E-state index in [2.05, 4.69) is 39.5 Å². The van der Waals surface area contributed by atoms with Gasteiger partial charge in [-0.2, -0.15) is 4.98 Å². The van der Waals surface area contributed by atoms with Crippen LogP contribution in [0.25, 0.3) is 11.1 Å². The molecule has 6 heteroatoms. The highest BCUT2D eigenvalue weighted by molar-refractivity contribution is 5.82. The Morgan fingerprint density at radius 1 is 1.00 bits per heavy atom. The van der Waals surface area contributed by atoms with E-state index in [1.54, 1.807) is 0 Å². The molecule has 1 aromatic heterocycles. The molecule has 28 heavy (non-hydrogen) atoms. The fourth-order valence-corrected chi connectivity index (χ4v) is 4.17. The van der Waals surface area contributed by atoms with Crippen LogP contribution >= 0.6 is 0 Å². The monoisotopic (exact) mass is 376 g/mol. The van der Waals surface area contributed by atoms with E-state index in [4.69, 9.17) is 4.42 Å². The number of anilines is 1. The minimum atomic E-state index is -0.134. The molecule has 2 aromatic carbocycles. The lowest BCUT2D eigenvalue weighted by atomic mass is 9.95. The Labute approximate surface area is 164 Å².